The second kappa shape index (κ2) is 7.74. The lowest BCUT2D eigenvalue weighted by molar-refractivity contribution is 0.137. The highest BCUT2D eigenvalue weighted by Gasteiger charge is 2.27. The summed E-state index contributed by atoms with van der Waals surface area (Å²) in [6, 6.07) is 6.29. The number of benzene rings is 1. The van der Waals surface area contributed by atoms with E-state index in [9.17, 15) is 14.0 Å². The Morgan fingerprint density at radius 1 is 1.03 bits per heavy atom. The van der Waals surface area contributed by atoms with Gasteiger partial charge in [0.1, 0.15) is 17.1 Å². The third-order valence-corrected chi connectivity index (χ3v) is 6.30. The Balaban J connectivity index is 1.74. The van der Waals surface area contributed by atoms with Crippen LogP contribution in [0.4, 0.5) is 4.39 Å². The predicted octanol–water partition coefficient (Wildman–Crippen LogP) is 3.73. The molecule has 7 nitrogen and oxygen atoms in total. The van der Waals surface area contributed by atoms with Crippen molar-refractivity contribution < 1.29 is 9.13 Å². The summed E-state index contributed by atoms with van der Waals surface area (Å²) in [6.45, 7) is 5.13. The maximum Gasteiger partial charge on any atom is 0.274 e. The first kappa shape index (κ1) is 21.2. The van der Waals surface area contributed by atoms with Crippen molar-refractivity contribution >= 4 is 10.9 Å². The van der Waals surface area contributed by atoms with Gasteiger partial charge in [-0.15, -0.1) is 0 Å². The van der Waals surface area contributed by atoms with Crippen molar-refractivity contribution in [3.8, 4) is 22.6 Å². The average molecular weight is 448 g/mol. The average Bonchev–Trinajstić information content (AvgIpc) is 3.22. The highest BCUT2D eigenvalue weighted by Crippen LogP contribution is 2.38. The number of aromatic amines is 1. The fraction of sp³-hybridized carbons (Fsp3) is 0.280. The molecule has 0 aliphatic carbocycles. The molecule has 4 heterocycles. The van der Waals surface area contributed by atoms with E-state index >= 15 is 0 Å². The predicted molar refractivity (Wildman–Crippen MR) is 126 cm³/mol. The van der Waals surface area contributed by atoms with Gasteiger partial charge in [-0.2, -0.15) is 0 Å². The number of aryl methyl sites for hydroxylation is 3. The first-order valence-corrected chi connectivity index (χ1v) is 10.8. The molecule has 1 aliphatic heterocycles. The zero-order chi connectivity index (χ0) is 23.4. The van der Waals surface area contributed by atoms with Crippen molar-refractivity contribution in [1.82, 2.24) is 19.0 Å². The van der Waals surface area contributed by atoms with Crippen LogP contribution in [0, 0.1) is 19.7 Å². The summed E-state index contributed by atoms with van der Waals surface area (Å²) in [7, 11) is 3.68. The Bertz CT molecular complexity index is 1490. The number of halogens is 1. The minimum atomic E-state index is -0.327. The van der Waals surface area contributed by atoms with Crippen LogP contribution in [0.1, 0.15) is 17.2 Å². The maximum absolute atomic E-state index is 13.9. The Kier molecular flexibility index (Phi) is 4.97. The molecule has 1 saturated heterocycles. The zero-order valence-corrected chi connectivity index (χ0v) is 19.0. The van der Waals surface area contributed by atoms with Crippen LogP contribution in [-0.4, -0.2) is 39.2 Å². The number of likely N-dealkylation sites (tertiary alicyclic amines) is 1. The lowest BCUT2D eigenvalue weighted by Gasteiger charge is -2.37. The van der Waals surface area contributed by atoms with Gasteiger partial charge in [0.15, 0.2) is 5.75 Å². The van der Waals surface area contributed by atoms with E-state index in [2.05, 4.69) is 9.88 Å². The van der Waals surface area contributed by atoms with Gasteiger partial charge in [-0.1, -0.05) is 0 Å². The summed E-state index contributed by atoms with van der Waals surface area (Å²) >= 11 is 0. The van der Waals surface area contributed by atoms with Gasteiger partial charge in [-0.25, -0.2) is 4.39 Å². The molecule has 1 fully saturated rings. The molecular weight excluding hydrogens is 423 g/mol. The first-order chi connectivity index (χ1) is 15.7. The molecule has 5 rings (SSSR count). The smallest absolute Gasteiger partial charge is 0.274 e. The number of nitrogens with one attached hydrogen (secondary N) is 1. The van der Waals surface area contributed by atoms with Crippen molar-refractivity contribution in [2.24, 2.45) is 7.05 Å². The van der Waals surface area contributed by atoms with Crippen LogP contribution < -0.4 is 15.9 Å². The van der Waals surface area contributed by atoms with Gasteiger partial charge in [0.2, 0.25) is 0 Å². The van der Waals surface area contributed by atoms with Crippen LogP contribution in [0.2, 0.25) is 0 Å². The zero-order valence-electron chi connectivity index (χ0n) is 19.0. The summed E-state index contributed by atoms with van der Waals surface area (Å²) in [5.41, 5.74) is 2.76. The van der Waals surface area contributed by atoms with Gasteiger partial charge >= 0.3 is 0 Å². The molecule has 0 unspecified atom stereocenters. The van der Waals surface area contributed by atoms with Crippen molar-refractivity contribution in [2.45, 2.75) is 19.9 Å². The monoisotopic (exact) mass is 448 g/mol. The molecule has 0 spiro atoms. The SMILES string of the molecule is Cc1cc(F)cc(C)c1Oc1cn(C2CN(C)C2)c(=O)cc1-c1cn(C)c(=O)c2[nH]ccc12. The summed E-state index contributed by atoms with van der Waals surface area (Å²) in [6.07, 6.45) is 5.16. The van der Waals surface area contributed by atoms with Gasteiger partial charge in [0.25, 0.3) is 11.1 Å². The number of hydrogen-bond acceptors (Lipinski definition) is 4. The molecule has 0 atom stereocenters. The number of nitrogens with zero attached hydrogens (tertiary/aromatic N) is 3. The molecule has 0 amide bonds. The Hall–Kier alpha value is -3.65. The molecule has 0 saturated carbocycles. The van der Waals surface area contributed by atoms with Gasteiger partial charge in [0.05, 0.1) is 12.2 Å². The number of fused-ring (bicyclic) bond motifs is 1. The molecule has 4 aromatic rings. The molecule has 3 aromatic heterocycles. The number of H-pyrrole nitrogens is 1. The van der Waals surface area contributed by atoms with E-state index in [4.69, 9.17) is 4.74 Å². The van der Waals surface area contributed by atoms with Crippen LogP contribution >= 0.6 is 0 Å². The third-order valence-electron chi connectivity index (χ3n) is 6.30. The fourth-order valence-corrected chi connectivity index (χ4v) is 4.60. The molecule has 1 aliphatic rings. The second-order valence-corrected chi connectivity index (χ2v) is 8.87. The lowest BCUT2D eigenvalue weighted by atomic mass is 10.0. The maximum atomic E-state index is 13.9. The van der Waals surface area contributed by atoms with Crippen molar-refractivity contribution in [3.63, 3.8) is 0 Å². The summed E-state index contributed by atoms with van der Waals surface area (Å²) < 4.78 is 23.4. The van der Waals surface area contributed by atoms with E-state index in [1.165, 1.54) is 16.7 Å². The first-order valence-electron chi connectivity index (χ1n) is 10.8. The second-order valence-electron chi connectivity index (χ2n) is 8.87. The van der Waals surface area contributed by atoms with Gasteiger partial charge in [-0.3, -0.25) is 9.59 Å². The van der Waals surface area contributed by atoms with E-state index in [-0.39, 0.29) is 23.0 Å². The highest BCUT2D eigenvalue weighted by molar-refractivity contribution is 5.95. The summed E-state index contributed by atoms with van der Waals surface area (Å²) in [4.78, 5) is 30.8. The van der Waals surface area contributed by atoms with Crippen molar-refractivity contribution in [1.29, 1.82) is 0 Å². The summed E-state index contributed by atoms with van der Waals surface area (Å²) in [5.74, 6) is 0.693. The van der Waals surface area contributed by atoms with E-state index < -0.39 is 0 Å². The molecule has 8 heteroatoms. The Morgan fingerprint density at radius 2 is 1.73 bits per heavy atom. The molecule has 1 aromatic carbocycles. The van der Waals surface area contributed by atoms with Gasteiger partial charge in [0, 0.05) is 55.1 Å². The number of ether oxygens (including phenoxy) is 1. The highest BCUT2D eigenvalue weighted by atomic mass is 19.1. The molecular formula is C25H25FN4O3. The number of likely N-dealkylation sites (N-methyl/N-ethyl adjacent to an activating group) is 1. The van der Waals surface area contributed by atoms with E-state index in [0.29, 0.717) is 44.7 Å². The van der Waals surface area contributed by atoms with E-state index in [0.717, 1.165) is 13.1 Å². The van der Waals surface area contributed by atoms with Crippen LogP contribution in [0.3, 0.4) is 0 Å². The fourth-order valence-electron chi connectivity index (χ4n) is 4.60. The quantitative estimate of drug-likeness (QED) is 0.516. The number of rotatable bonds is 4. The molecule has 0 bridgehead atoms. The van der Waals surface area contributed by atoms with Crippen LogP contribution in [0.15, 0.2) is 52.4 Å². The summed E-state index contributed by atoms with van der Waals surface area (Å²) in [5, 5.41) is 0.705. The van der Waals surface area contributed by atoms with Crippen molar-refractivity contribution in [3.05, 3.63) is 80.5 Å². The Labute approximate surface area is 189 Å². The molecule has 170 valence electrons. The van der Waals surface area contributed by atoms with Gasteiger partial charge in [-0.05, 0) is 50.2 Å². The van der Waals surface area contributed by atoms with E-state index in [1.54, 1.807) is 50.1 Å². The minimum Gasteiger partial charge on any atom is -0.455 e. The largest absolute Gasteiger partial charge is 0.455 e. The topological polar surface area (TPSA) is 72.3 Å². The molecule has 33 heavy (non-hydrogen) atoms. The minimum absolute atomic E-state index is 0.0571. The standard InChI is InChI=1S/C25H25FN4O3/c1-14-7-16(26)8-15(2)24(14)33-21-13-30(17-10-28(3)11-17)22(31)9-19(21)20-12-29(4)25(32)23-18(20)5-6-27-23/h5-9,12-13,17,27H,10-11H2,1-4H3. The molecule has 0 radical (unpaired) electrons. The van der Waals surface area contributed by atoms with Crippen LogP contribution in [-0.2, 0) is 7.05 Å². The molecule has 1 N–H and O–H groups in total. The lowest BCUT2D eigenvalue weighted by Crippen LogP contribution is -2.47. The van der Waals surface area contributed by atoms with Gasteiger partial charge < -0.3 is 23.8 Å². The van der Waals surface area contributed by atoms with Crippen LogP contribution in [0.25, 0.3) is 22.0 Å². The van der Waals surface area contributed by atoms with Crippen molar-refractivity contribution in [2.75, 3.05) is 20.1 Å². The normalized spacial score (nSPS) is 14.6. The van der Waals surface area contributed by atoms with Crippen LogP contribution in [0.5, 0.6) is 11.5 Å². The Morgan fingerprint density at radius 3 is 2.39 bits per heavy atom. The number of pyridine rings is 2. The number of hydrogen-bond donors (Lipinski definition) is 1. The number of aromatic nitrogens is 3. The van der Waals surface area contributed by atoms with E-state index in [1.807, 2.05) is 13.1 Å². The third kappa shape index (κ3) is 3.56.